The summed E-state index contributed by atoms with van der Waals surface area (Å²) in [4.78, 5) is 25.5. The van der Waals surface area contributed by atoms with E-state index in [9.17, 15) is 4.79 Å². The van der Waals surface area contributed by atoms with Crippen LogP contribution in [0.4, 0.5) is 13.6 Å². The largest absolute Gasteiger partial charge is 0.339 e. The molecule has 0 bridgehead atoms. The van der Waals surface area contributed by atoms with E-state index in [0.29, 0.717) is 43.7 Å². The van der Waals surface area contributed by atoms with Gasteiger partial charge in [-0.25, -0.2) is 13.6 Å². The maximum absolute atomic E-state index is 15.6. The molecule has 1 N–H and O–H groups in total. The van der Waals surface area contributed by atoms with E-state index in [-0.39, 0.29) is 30.0 Å². The predicted octanol–water partition coefficient (Wildman–Crippen LogP) is 5.93. The zero-order chi connectivity index (χ0) is 29.5. The average molecular weight is 591 g/mol. The molecule has 3 aliphatic carbocycles. The van der Waals surface area contributed by atoms with E-state index in [0.717, 1.165) is 82.8 Å². The summed E-state index contributed by atoms with van der Waals surface area (Å²) in [6.45, 7) is 10.4. The first-order valence-electron chi connectivity index (χ1n) is 16.9. The lowest BCUT2D eigenvalue weighted by Gasteiger charge is -2.49. The predicted molar refractivity (Wildman–Crippen MR) is 158 cm³/mol. The third kappa shape index (κ3) is 6.35. The molecule has 2 amide bonds. The van der Waals surface area contributed by atoms with Crippen molar-refractivity contribution in [3.05, 3.63) is 11.7 Å². The molecule has 2 unspecified atom stereocenters. The van der Waals surface area contributed by atoms with Crippen LogP contribution < -0.4 is 5.32 Å². The summed E-state index contributed by atoms with van der Waals surface area (Å²) in [5.41, 5.74) is -0.294. The van der Waals surface area contributed by atoms with Crippen LogP contribution in [0.5, 0.6) is 0 Å². The highest BCUT2D eigenvalue weighted by molar-refractivity contribution is 5.75. The number of urea groups is 1. The van der Waals surface area contributed by atoms with Gasteiger partial charge >= 0.3 is 6.03 Å². The van der Waals surface area contributed by atoms with Gasteiger partial charge in [-0.2, -0.15) is 4.98 Å². The molecular formula is C32H52F2N6O2. The number of carbonyl (C=O) groups excluding carboxylic acids is 1. The topological polar surface area (TPSA) is 77.7 Å². The highest BCUT2D eigenvalue weighted by Crippen LogP contribution is 2.44. The molecule has 5 aliphatic rings. The van der Waals surface area contributed by atoms with Gasteiger partial charge < -0.3 is 14.7 Å². The highest BCUT2D eigenvalue weighted by Gasteiger charge is 2.52. The molecule has 0 spiro atoms. The molecule has 6 rings (SSSR count). The molecule has 42 heavy (non-hydrogen) atoms. The summed E-state index contributed by atoms with van der Waals surface area (Å²) in [6.07, 6.45) is 11.6. The second kappa shape index (κ2) is 12.3. The van der Waals surface area contributed by atoms with Crippen molar-refractivity contribution in [1.29, 1.82) is 0 Å². The second-order valence-corrected chi connectivity index (χ2v) is 14.6. The standard InChI is InChI=1S/C32H52F2N6O2/c1-22(2)38-17-19-39(20-18-38)25-11-8-14-32(33,34)27(25)35-30(41)40-16-15-31(3,29-36-28(42-37-29)24-12-13-24)21-26(40)23-9-6-4-5-7-10-23/h22-27H,4-21H2,1-3H3,(H,35,41)/t25-,26?,27+,31?/m0/s1. The zero-order valence-corrected chi connectivity index (χ0v) is 26.0. The lowest BCUT2D eigenvalue weighted by molar-refractivity contribution is -0.0980. The lowest BCUT2D eigenvalue weighted by atomic mass is 9.72. The Kier molecular flexibility index (Phi) is 8.85. The van der Waals surface area contributed by atoms with Crippen LogP contribution in [0.1, 0.15) is 122 Å². The number of amides is 2. The van der Waals surface area contributed by atoms with E-state index < -0.39 is 12.0 Å². The molecular weight excluding hydrogens is 538 g/mol. The molecule has 236 valence electrons. The maximum Gasteiger partial charge on any atom is 0.318 e. The summed E-state index contributed by atoms with van der Waals surface area (Å²) in [5.74, 6) is -0.657. The van der Waals surface area contributed by atoms with E-state index in [4.69, 9.17) is 9.51 Å². The molecule has 2 saturated heterocycles. The molecule has 1 aromatic heterocycles. The number of nitrogens with zero attached hydrogens (tertiary/aromatic N) is 5. The van der Waals surface area contributed by atoms with Crippen LogP contribution in [-0.2, 0) is 5.41 Å². The fraction of sp³-hybridized carbons (Fsp3) is 0.906. The van der Waals surface area contributed by atoms with Crippen molar-refractivity contribution >= 4 is 6.03 Å². The number of piperidine rings is 1. The fourth-order valence-electron chi connectivity index (χ4n) is 8.30. The van der Waals surface area contributed by atoms with Crippen LogP contribution in [0, 0.1) is 5.92 Å². The summed E-state index contributed by atoms with van der Waals surface area (Å²) in [7, 11) is 0. The Hall–Kier alpha value is -1.81. The smallest absolute Gasteiger partial charge is 0.318 e. The first kappa shape index (κ1) is 30.2. The number of rotatable bonds is 6. The van der Waals surface area contributed by atoms with Crippen LogP contribution in [0.3, 0.4) is 0 Å². The second-order valence-electron chi connectivity index (χ2n) is 14.6. The number of hydrogen-bond donors (Lipinski definition) is 1. The lowest BCUT2D eigenvalue weighted by Crippen LogP contribution is -2.67. The van der Waals surface area contributed by atoms with Crippen molar-refractivity contribution in [2.24, 2.45) is 5.92 Å². The average Bonchev–Trinajstić information content (AvgIpc) is 3.75. The summed E-state index contributed by atoms with van der Waals surface area (Å²) < 4.78 is 36.9. The summed E-state index contributed by atoms with van der Waals surface area (Å²) in [5, 5.41) is 7.39. The van der Waals surface area contributed by atoms with E-state index in [2.05, 4.69) is 41.0 Å². The third-order valence-electron chi connectivity index (χ3n) is 11.3. The van der Waals surface area contributed by atoms with Crippen molar-refractivity contribution in [3.8, 4) is 0 Å². The van der Waals surface area contributed by atoms with Gasteiger partial charge in [0.25, 0.3) is 5.92 Å². The Morgan fingerprint density at radius 2 is 1.64 bits per heavy atom. The Labute approximate surface area is 250 Å². The molecule has 0 radical (unpaired) electrons. The van der Waals surface area contributed by atoms with Crippen molar-refractivity contribution in [2.75, 3.05) is 32.7 Å². The van der Waals surface area contributed by atoms with Gasteiger partial charge in [-0.05, 0) is 71.1 Å². The Bertz CT molecular complexity index is 1060. The third-order valence-corrected chi connectivity index (χ3v) is 11.3. The number of halogens is 2. The Morgan fingerprint density at radius 3 is 2.31 bits per heavy atom. The van der Waals surface area contributed by atoms with Crippen LogP contribution >= 0.6 is 0 Å². The number of piperazine rings is 1. The van der Waals surface area contributed by atoms with Crippen LogP contribution in [0.25, 0.3) is 0 Å². The number of aromatic nitrogens is 2. The fourth-order valence-corrected chi connectivity index (χ4v) is 8.30. The molecule has 3 saturated carbocycles. The minimum Gasteiger partial charge on any atom is -0.339 e. The normalized spacial score (nSPS) is 34.0. The van der Waals surface area contributed by atoms with Gasteiger partial charge in [0.05, 0.1) is 0 Å². The summed E-state index contributed by atoms with van der Waals surface area (Å²) >= 11 is 0. The maximum atomic E-state index is 15.6. The molecule has 2 aliphatic heterocycles. The van der Waals surface area contributed by atoms with Crippen molar-refractivity contribution in [1.82, 2.24) is 30.2 Å². The van der Waals surface area contributed by atoms with Gasteiger partial charge in [0.1, 0.15) is 6.04 Å². The van der Waals surface area contributed by atoms with Crippen molar-refractivity contribution < 1.29 is 18.1 Å². The molecule has 8 nitrogen and oxygen atoms in total. The monoisotopic (exact) mass is 590 g/mol. The van der Waals surface area contributed by atoms with Gasteiger partial charge in [0, 0.05) is 68.6 Å². The number of alkyl halides is 2. The van der Waals surface area contributed by atoms with Crippen LogP contribution in [0.2, 0.25) is 0 Å². The van der Waals surface area contributed by atoms with Crippen molar-refractivity contribution in [3.63, 3.8) is 0 Å². The quantitative estimate of drug-likeness (QED) is 0.414. The molecule has 10 heteroatoms. The minimum absolute atomic E-state index is 0.0185. The molecule has 0 aromatic carbocycles. The van der Waals surface area contributed by atoms with Gasteiger partial charge in [0.2, 0.25) is 5.89 Å². The highest BCUT2D eigenvalue weighted by atomic mass is 19.3. The summed E-state index contributed by atoms with van der Waals surface area (Å²) in [6, 6.07) is -1.37. The Morgan fingerprint density at radius 1 is 0.929 bits per heavy atom. The van der Waals surface area contributed by atoms with Crippen LogP contribution in [0.15, 0.2) is 4.52 Å². The first-order valence-corrected chi connectivity index (χ1v) is 16.9. The van der Waals surface area contributed by atoms with Gasteiger partial charge in [-0.3, -0.25) is 9.80 Å². The molecule has 4 atom stereocenters. The van der Waals surface area contributed by atoms with E-state index in [1.165, 1.54) is 12.8 Å². The zero-order valence-electron chi connectivity index (χ0n) is 26.0. The SMILES string of the molecule is CC(C)N1CCN([C@H]2CCCC(F)(F)[C@@H]2NC(=O)N2CCC(C)(c3noc(C4CC4)n3)CC2C2CCCCCC2)CC1. The van der Waals surface area contributed by atoms with Gasteiger partial charge in [0.15, 0.2) is 5.82 Å². The Balaban J connectivity index is 1.20. The molecule has 5 fully saturated rings. The number of nitrogens with one attached hydrogen (secondary N) is 1. The van der Waals surface area contributed by atoms with E-state index in [1.54, 1.807) is 0 Å². The number of likely N-dealkylation sites (tertiary alicyclic amines) is 1. The van der Waals surface area contributed by atoms with Gasteiger partial charge in [-0.1, -0.05) is 37.8 Å². The van der Waals surface area contributed by atoms with E-state index in [1.807, 2.05) is 4.90 Å². The number of carbonyl (C=O) groups is 1. The van der Waals surface area contributed by atoms with Crippen LogP contribution in [-0.4, -0.2) is 93.7 Å². The molecule has 3 heterocycles. The minimum atomic E-state index is -2.92. The number of hydrogen-bond acceptors (Lipinski definition) is 6. The van der Waals surface area contributed by atoms with E-state index >= 15 is 8.78 Å². The van der Waals surface area contributed by atoms with Gasteiger partial charge in [-0.15, -0.1) is 0 Å². The first-order chi connectivity index (χ1) is 20.1. The molecule has 1 aromatic rings. The van der Waals surface area contributed by atoms with Crippen molar-refractivity contribution in [2.45, 2.75) is 146 Å².